The molecule has 3 amide bonds. The topological polar surface area (TPSA) is 62.3 Å². The van der Waals surface area contributed by atoms with Gasteiger partial charge in [-0.3, -0.25) is 9.69 Å². The van der Waals surface area contributed by atoms with Crippen LogP contribution in [0, 0.1) is 5.92 Å². The summed E-state index contributed by atoms with van der Waals surface area (Å²) < 4.78 is 0. The van der Waals surface area contributed by atoms with Crippen molar-refractivity contribution < 1.29 is 9.59 Å². The molecule has 17 heavy (non-hydrogen) atoms. The number of carbonyl (C=O) groups is 2. The zero-order valence-electron chi connectivity index (χ0n) is 9.90. The van der Waals surface area contributed by atoms with Gasteiger partial charge >= 0.3 is 6.03 Å². The number of thiazole rings is 1. The fourth-order valence-corrected chi connectivity index (χ4v) is 2.48. The van der Waals surface area contributed by atoms with Gasteiger partial charge in [0, 0.05) is 5.38 Å². The van der Waals surface area contributed by atoms with Gasteiger partial charge in [-0.05, 0) is 12.3 Å². The first kappa shape index (κ1) is 12.0. The second-order valence-corrected chi connectivity index (χ2v) is 5.41. The highest BCUT2D eigenvalue weighted by molar-refractivity contribution is 7.09. The van der Waals surface area contributed by atoms with Gasteiger partial charge in [-0.25, -0.2) is 9.78 Å². The number of carbonyl (C=O) groups excluding carboxylic acids is 2. The highest BCUT2D eigenvalue weighted by atomic mass is 32.1. The van der Waals surface area contributed by atoms with Crippen molar-refractivity contribution in [2.75, 3.05) is 6.54 Å². The minimum Gasteiger partial charge on any atom is -0.329 e. The predicted octanol–water partition coefficient (Wildman–Crippen LogP) is 1.39. The summed E-state index contributed by atoms with van der Waals surface area (Å²) in [6.07, 6.45) is 0.927. The fourth-order valence-electron chi connectivity index (χ4n) is 1.68. The Morgan fingerprint density at radius 1 is 1.53 bits per heavy atom. The Labute approximate surface area is 104 Å². The van der Waals surface area contributed by atoms with Crippen molar-refractivity contribution in [3.05, 3.63) is 16.1 Å². The van der Waals surface area contributed by atoms with Gasteiger partial charge in [0.1, 0.15) is 5.01 Å². The van der Waals surface area contributed by atoms with E-state index in [0.29, 0.717) is 5.92 Å². The molecule has 1 aliphatic rings. The third-order valence-electron chi connectivity index (χ3n) is 2.45. The largest absolute Gasteiger partial charge is 0.329 e. The average molecular weight is 253 g/mol. The van der Waals surface area contributed by atoms with Gasteiger partial charge in [0.15, 0.2) is 0 Å². The first-order valence-electron chi connectivity index (χ1n) is 5.57. The Kier molecular flexibility index (Phi) is 3.42. The van der Waals surface area contributed by atoms with Crippen LogP contribution in [0.5, 0.6) is 0 Å². The smallest absolute Gasteiger partial charge is 0.324 e. The van der Waals surface area contributed by atoms with E-state index < -0.39 is 0 Å². The molecule has 2 rings (SSSR count). The number of amides is 3. The van der Waals surface area contributed by atoms with Crippen LogP contribution < -0.4 is 5.32 Å². The first-order chi connectivity index (χ1) is 8.06. The van der Waals surface area contributed by atoms with Crippen LogP contribution in [-0.4, -0.2) is 28.4 Å². The maximum absolute atomic E-state index is 11.4. The molecule has 1 aromatic rings. The van der Waals surface area contributed by atoms with Crippen molar-refractivity contribution in [2.24, 2.45) is 5.92 Å². The van der Waals surface area contributed by atoms with Crippen LogP contribution in [-0.2, 0) is 17.8 Å². The van der Waals surface area contributed by atoms with Crippen molar-refractivity contribution >= 4 is 23.3 Å². The second-order valence-electron chi connectivity index (χ2n) is 4.47. The lowest BCUT2D eigenvalue weighted by molar-refractivity contribution is -0.125. The van der Waals surface area contributed by atoms with E-state index in [-0.39, 0.29) is 25.0 Å². The zero-order chi connectivity index (χ0) is 12.4. The van der Waals surface area contributed by atoms with Crippen LogP contribution in [0.1, 0.15) is 24.5 Å². The molecule has 0 saturated carbocycles. The molecule has 92 valence electrons. The molecule has 0 aliphatic carbocycles. The van der Waals surface area contributed by atoms with E-state index in [4.69, 9.17) is 0 Å². The highest BCUT2D eigenvalue weighted by Gasteiger charge is 2.29. The maximum Gasteiger partial charge on any atom is 0.324 e. The normalized spacial score (nSPS) is 15.8. The van der Waals surface area contributed by atoms with Gasteiger partial charge in [-0.15, -0.1) is 11.3 Å². The highest BCUT2D eigenvalue weighted by Crippen LogP contribution is 2.16. The first-order valence-corrected chi connectivity index (χ1v) is 6.45. The molecular weight excluding hydrogens is 238 g/mol. The van der Waals surface area contributed by atoms with Gasteiger partial charge in [-0.1, -0.05) is 13.8 Å². The molecule has 1 fully saturated rings. The number of urea groups is 1. The van der Waals surface area contributed by atoms with Crippen LogP contribution in [0.2, 0.25) is 0 Å². The number of aromatic nitrogens is 1. The van der Waals surface area contributed by atoms with Crippen molar-refractivity contribution in [3.63, 3.8) is 0 Å². The lowest BCUT2D eigenvalue weighted by Gasteiger charge is -2.09. The number of imide groups is 1. The maximum atomic E-state index is 11.4. The van der Waals surface area contributed by atoms with Crippen molar-refractivity contribution in [2.45, 2.75) is 26.8 Å². The molecule has 1 saturated heterocycles. The molecule has 0 radical (unpaired) electrons. The summed E-state index contributed by atoms with van der Waals surface area (Å²) in [5.41, 5.74) is 1.03. The van der Waals surface area contributed by atoms with Gasteiger partial charge < -0.3 is 5.32 Å². The van der Waals surface area contributed by atoms with E-state index in [9.17, 15) is 9.59 Å². The summed E-state index contributed by atoms with van der Waals surface area (Å²) in [5, 5.41) is 5.30. The minimum atomic E-state index is -0.324. The molecule has 0 atom stereocenters. The summed E-state index contributed by atoms with van der Waals surface area (Å²) >= 11 is 1.50. The summed E-state index contributed by atoms with van der Waals surface area (Å²) in [6.45, 7) is 4.66. The molecule has 1 aliphatic heterocycles. The lowest BCUT2D eigenvalue weighted by atomic mass is 10.1. The van der Waals surface area contributed by atoms with E-state index in [1.807, 2.05) is 5.38 Å². The number of nitrogens with one attached hydrogen (secondary N) is 1. The van der Waals surface area contributed by atoms with E-state index >= 15 is 0 Å². The monoisotopic (exact) mass is 253 g/mol. The molecule has 0 unspecified atom stereocenters. The number of hydrogen-bond donors (Lipinski definition) is 1. The number of nitrogens with zero attached hydrogens (tertiary/aromatic N) is 2. The SMILES string of the molecule is CC(C)Cc1csc(CN2C(=O)CNC2=O)n1. The van der Waals surface area contributed by atoms with E-state index in [2.05, 4.69) is 24.1 Å². The molecule has 1 N–H and O–H groups in total. The summed E-state index contributed by atoms with van der Waals surface area (Å²) in [5.74, 6) is 0.372. The van der Waals surface area contributed by atoms with E-state index in [1.54, 1.807) is 0 Å². The van der Waals surface area contributed by atoms with E-state index in [1.165, 1.54) is 16.2 Å². The summed E-state index contributed by atoms with van der Waals surface area (Å²) in [6, 6.07) is -0.324. The van der Waals surface area contributed by atoms with Gasteiger partial charge in [-0.2, -0.15) is 0 Å². The molecule has 6 heteroatoms. The number of rotatable bonds is 4. The van der Waals surface area contributed by atoms with Gasteiger partial charge in [0.25, 0.3) is 0 Å². The molecule has 1 aromatic heterocycles. The quantitative estimate of drug-likeness (QED) is 0.825. The van der Waals surface area contributed by atoms with Crippen molar-refractivity contribution in [1.82, 2.24) is 15.2 Å². The summed E-state index contributed by atoms with van der Waals surface area (Å²) in [7, 11) is 0. The number of hydrogen-bond acceptors (Lipinski definition) is 4. The molecule has 0 spiro atoms. The minimum absolute atomic E-state index is 0.100. The lowest BCUT2D eigenvalue weighted by Crippen LogP contribution is -2.30. The Hall–Kier alpha value is -1.43. The van der Waals surface area contributed by atoms with Crippen LogP contribution in [0.4, 0.5) is 4.79 Å². The Balaban J connectivity index is 2.01. The average Bonchev–Trinajstić information content (AvgIpc) is 2.79. The Morgan fingerprint density at radius 2 is 2.29 bits per heavy atom. The van der Waals surface area contributed by atoms with Crippen molar-refractivity contribution in [3.8, 4) is 0 Å². The van der Waals surface area contributed by atoms with Gasteiger partial charge in [0.05, 0.1) is 18.8 Å². The fraction of sp³-hybridized carbons (Fsp3) is 0.545. The summed E-state index contributed by atoms with van der Waals surface area (Å²) in [4.78, 5) is 28.4. The molecule has 0 bridgehead atoms. The third-order valence-corrected chi connectivity index (χ3v) is 3.33. The van der Waals surface area contributed by atoms with Gasteiger partial charge in [0.2, 0.25) is 5.91 Å². The third kappa shape index (κ3) is 2.82. The molecule has 5 nitrogen and oxygen atoms in total. The molecular formula is C11H15N3O2S. The standard InChI is InChI=1S/C11H15N3O2S/c1-7(2)3-8-6-17-9(13-8)5-14-10(15)4-12-11(14)16/h6-7H,3-5H2,1-2H3,(H,12,16). The van der Waals surface area contributed by atoms with E-state index in [0.717, 1.165) is 17.1 Å². The van der Waals surface area contributed by atoms with Crippen LogP contribution in [0.15, 0.2) is 5.38 Å². The zero-order valence-corrected chi connectivity index (χ0v) is 10.7. The Morgan fingerprint density at radius 3 is 2.88 bits per heavy atom. The van der Waals surface area contributed by atoms with Crippen LogP contribution in [0.3, 0.4) is 0 Å². The predicted molar refractivity (Wildman–Crippen MR) is 64.6 cm³/mol. The van der Waals surface area contributed by atoms with Crippen LogP contribution >= 0.6 is 11.3 Å². The van der Waals surface area contributed by atoms with Crippen LogP contribution in [0.25, 0.3) is 0 Å². The molecule has 2 heterocycles. The second kappa shape index (κ2) is 4.83. The Bertz CT molecular complexity index is 426. The molecule has 0 aromatic carbocycles. The van der Waals surface area contributed by atoms with Crippen molar-refractivity contribution in [1.29, 1.82) is 0 Å².